The van der Waals surface area contributed by atoms with Crippen LogP contribution >= 0.6 is 0 Å². The molecule has 27 heavy (non-hydrogen) atoms. The first kappa shape index (κ1) is 19.2. The second kappa shape index (κ2) is 7.06. The summed E-state index contributed by atoms with van der Waals surface area (Å²) in [5.74, 6) is 3.87. The fourth-order valence-corrected chi connectivity index (χ4v) is 5.38. The Hall–Kier alpha value is -1.10. The Bertz CT molecular complexity index is 617. The quantitative estimate of drug-likeness (QED) is 0.810. The van der Waals surface area contributed by atoms with E-state index in [1.54, 1.807) is 0 Å². The number of aliphatic imine (C=N–C) groups is 2. The van der Waals surface area contributed by atoms with E-state index in [9.17, 15) is 5.11 Å². The second-order valence-electron chi connectivity index (χ2n) is 10.5. The topological polar surface area (TPSA) is 63.4 Å². The van der Waals surface area contributed by atoms with Crippen molar-refractivity contribution >= 4 is 11.8 Å². The largest absolute Gasteiger partial charge is 0.478 e. The predicted octanol–water partition coefficient (Wildman–Crippen LogP) is 3.98. The highest BCUT2D eigenvalue weighted by molar-refractivity contribution is 5.89. The lowest BCUT2D eigenvalue weighted by molar-refractivity contribution is 0.0722. The maximum Gasteiger partial charge on any atom is 0.187 e. The molecular weight excluding hydrogens is 340 g/mol. The number of hydrogen-bond donors (Lipinski definition) is 1. The van der Waals surface area contributed by atoms with Crippen LogP contribution in [-0.2, 0) is 9.47 Å². The van der Waals surface area contributed by atoms with Crippen molar-refractivity contribution in [2.75, 3.05) is 13.2 Å². The lowest BCUT2D eigenvalue weighted by atomic mass is 9.66. The molecule has 2 saturated carbocycles. The third kappa shape index (κ3) is 4.18. The zero-order valence-corrected chi connectivity index (χ0v) is 17.4. The summed E-state index contributed by atoms with van der Waals surface area (Å²) in [5.41, 5.74) is -0.243. The van der Waals surface area contributed by atoms with Crippen molar-refractivity contribution in [3.8, 4) is 0 Å². The Morgan fingerprint density at radius 3 is 1.78 bits per heavy atom. The molecule has 0 aromatic rings. The van der Waals surface area contributed by atoms with Crippen LogP contribution in [0.1, 0.15) is 72.6 Å². The van der Waals surface area contributed by atoms with Gasteiger partial charge in [0.15, 0.2) is 11.8 Å². The molecular formula is C22H36N2O3. The number of aliphatic hydroxyl groups is 1. The molecule has 0 aromatic carbocycles. The maximum atomic E-state index is 9.87. The third-order valence-electron chi connectivity index (χ3n) is 6.91. The average Bonchev–Trinajstić information content (AvgIpc) is 3.16. The number of ether oxygens (including phenoxy) is 2. The van der Waals surface area contributed by atoms with Gasteiger partial charge in [-0.1, -0.05) is 0 Å². The van der Waals surface area contributed by atoms with Gasteiger partial charge in [0.25, 0.3) is 0 Å². The molecule has 3 atom stereocenters. The monoisotopic (exact) mass is 376 g/mol. The molecule has 0 amide bonds. The minimum absolute atomic E-state index is 0.0831. The molecule has 0 spiro atoms. The Morgan fingerprint density at radius 1 is 0.741 bits per heavy atom. The minimum Gasteiger partial charge on any atom is -0.478 e. The van der Waals surface area contributed by atoms with Gasteiger partial charge in [0.05, 0.1) is 17.2 Å². The predicted molar refractivity (Wildman–Crippen MR) is 107 cm³/mol. The molecule has 152 valence electrons. The first-order chi connectivity index (χ1) is 12.7. The molecule has 1 N–H and O–H groups in total. The molecule has 3 unspecified atom stereocenters. The van der Waals surface area contributed by atoms with Crippen molar-refractivity contribution in [1.29, 1.82) is 0 Å². The van der Waals surface area contributed by atoms with E-state index in [1.807, 2.05) is 0 Å². The van der Waals surface area contributed by atoms with Gasteiger partial charge >= 0.3 is 0 Å². The Balaban J connectivity index is 1.54. The van der Waals surface area contributed by atoms with E-state index in [2.05, 4.69) is 27.7 Å². The van der Waals surface area contributed by atoms with Gasteiger partial charge < -0.3 is 14.6 Å². The number of rotatable bonds is 3. The Morgan fingerprint density at radius 2 is 1.26 bits per heavy atom. The average molecular weight is 377 g/mol. The Labute approximate surface area is 163 Å². The van der Waals surface area contributed by atoms with Crippen LogP contribution in [0.2, 0.25) is 0 Å². The number of aliphatic hydroxyl groups excluding tert-OH is 1. The summed E-state index contributed by atoms with van der Waals surface area (Å²) < 4.78 is 12.2. The number of hydrogen-bond acceptors (Lipinski definition) is 5. The van der Waals surface area contributed by atoms with E-state index >= 15 is 0 Å². The van der Waals surface area contributed by atoms with Crippen LogP contribution in [-0.4, -0.2) is 47.3 Å². The van der Waals surface area contributed by atoms with Gasteiger partial charge in [0, 0.05) is 11.8 Å². The van der Waals surface area contributed by atoms with Crippen LogP contribution < -0.4 is 0 Å². The first-order valence-corrected chi connectivity index (χ1v) is 10.9. The summed E-state index contributed by atoms with van der Waals surface area (Å²) in [6, 6.07) is 0. The van der Waals surface area contributed by atoms with E-state index in [4.69, 9.17) is 19.5 Å². The summed E-state index contributed by atoms with van der Waals surface area (Å²) in [6.07, 6.45) is 7.60. The van der Waals surface area contributed by atoms with Gasteiger partial charge in [0.2, 0.25) is 0 Å². The fourth-order valence-electron chi connectivity index (χ4n) is 5.38. The van der Waals surface area contributed by atoms with E-state index in [0.29, 0.717) is 25.0 Å². The summed E-state index contributed by atoms with van der Waals surface area (Å²) >= 11 is 0. The van der Waals surface area contributed by atoms with Gasteiger partial charge in [-0.2, -0.15) is 0 Å². The fraction of sp³-hybridized carbons (Fsp3) is 0.909. The zero-order valence-electron chi connectivity index (χ0n) is 17.4. The van der Waals surface area contributed by atoms with E-state index in [0.717, 1.165) is 56.2 Å². The molecule has 2 heterocycles. The lowest BCUT2D eigenvalue weighted by Crippen LogP contribution is -2.39. The highest BCUT2D eigenvalue weighted by Gasteiger charge is 2.45. The van der Waals surface area contributed by atoms with Crippen LogP contribution in [0, 0.1) is 23.7 Å². The van der Waals surface area contributed by atoms with Crippen LogP contribution in [0.5, 0.6) is 0 Å². The Kier molecular flexibility index (Phi) is 5.02. The van der Waals surface area contributed by atoms with Crippen molar-refractivity contribution in [1.82, 2.24) is 0 Å². The minimum atomic E-state index is -0.126. The third-order valence-corrected chi connectivity index (χ3v) is 6.91. The summed E-state index contributed by atoms with van der Waals surface area (Å²) in [7, 11) is 0. The maximum absolute atomic E-state index is 9.87. The summed E-state index contributed by atoms with van der Waals surface area (Å²) in [5, 5.41) is 9.87. The van der Waals surface area contributed by atoms with E-state index in [-0.39, 0.29) is 23.1 Å². The molecule has 5 heteroatoms. The van der Waals surface area contributed by atoms with Crippen molar-refractivity contribution in [3.05, 3.63) is 0 Å². The molecule has 2 aliphatic heterocycles. The van der Waals surface area contributed by atoms with Gasteiger partial charge in [-0.15, -0.1) is 0 Å². The van der Waals surface area contributed by atoms with Crippen molar-refractivity contribution in [2.24, 2.45) is 33.7 Å². The van der Waals surface area contributed by atoms with Crippen LogP contribution in [0.3, 0.4) is 0 Å². The van der Waals surface area contributed by atoms with Crippen LogP contribution in [0.15, 0.2) is 9.98 Å². The molecule has 5 nitrogen and oxygen atoms in total. The van der Waals surface area contributed by atoms with Crippen LogP contribution in [0.4, 0.5) is 0 Å². The highest BCUT2D eigenvalue weighted by Crippen LogP contribution is 2.45. The zero-order chi connectivity index (χ0) is 19.2. The second-order valence-corrected chi connectivity index (χ2v) is 10.5. The van der Waals surface area contributed by atoms with Crippen LogP contribution in [0.25, 0.3) is 0 Å². The van der Waals surface area contributed by atoms with E-state index in [1.165, 1.54) is 6.42 Å². The van der Waals surface area contributed by atoms with Gasteiger partial charge in [0.1, 0.15) is 13.2 Å². The molecule has 0 saturated heterocycles. The highest BCUT2D eigenvalue weighted by atomic mass is 16.5. The van der Waals surface area contributed by atoms with Gasteiger partial charge in [-0.05, 0) is 84.5 Å². The van der Waals surface area contributed by atoms with Crippen molar-refractivity contribution < 1.29 is 14.6 Å². The first-order valence-electron chi connectivity index (χ1n) is 10.9. The van der Waals surface area contributed by atoms with Gasteiger partial charge in [-0.25, -0.2) is 9.98 Å². The molecule has 2 fully saturated rings. The van der Waals surface area contributed by atoms with Crippen molar-refractivity contribution in [2.45, 2.75) is 89.8 Å². The molecule has 0 bridgehead atoms. The summed E-state index contributed by atoms with van der Waals surface area (Å²) in [6.45, 7) is 9.91. The van der Waals surface area contributed by atoms with Crippen molar-refractivity contribution in [3.63, 3.8) is 0 Å². The molecule has 0 radical (unpaired) electrons. The molecule has 4 aliphatic rings. The molecule has 4 rings (SSSR count). The SMILES string of the molecule is CC1(C)COC(C2CCC(C3CCC(O)CC3)CC2C2=NC(C)(C)CO2)=N1. The standard InChI is InChI=1S/C22H36N2O3/c1-21(2)12-26-19(23-21)17-10-7-15(14-5-8-16(25)9-6-14)11-18(17)20-24-22(3,4)13-27-20/h14-18,25H,5-13H2,1-4H3. The molecule has 0 aromatic heterocycles. The smallest absolute Gasteiger partial charge is 0.187 e. The van der Waals surface area contributed by atoms with Gasteiger partial charge in [-0.3, -0.25) is 0 Å². The summed E-state index contributed by atoms with van der Waals surface area (Å²) in [4.78, 5) is 9.84. The normalized spacial score (nSPS) is 40.7. The lowest BCUT2D eigenvalue weighted by Gasteiger charge is -2.40. The molecule has 2 aliphatic carbocycles. The number of nitrogens with zero attached hydrogens (tertiary/aromatic N) is 2. The van der Waals surface area contributed by atoms with E-state index < -0.39 is 0 Å².